The molecule has 0 atom stereocenters. The van der Waals surface area contributed by atoms with Gasteiger partial charge >= 0.3 is 0 Å². The highest BCUT2D eigenvalue weighted by Gasteiger charge is 2.12. The summed E-state index contributed by atoms with van der Waals surface area (Å²) in [5.74, 6) is 1.53. The van der Waals surface area contributed by atoms with Crippen molar-refractivity contribution in [3.05, 3.63) is 76.3 Å². The van der Waals surface area contributed by atoms with Gasteiger partial charge in [0.15, 0.2) is 0 Å². The van der Waals surface area contributed by atoms with Gasteiger partial charge in [-0.05, 0) is 79.8 Å². The molecule has 0 spiro atoms. The minimum atomic E-state index is 0.501. The second-order valence-corrected chi connectivity index (χ2v) is 7.34. The molecule has 3 aromatic rings. The van der Waals surface area contributed by atoms with Crippen molar-refractivity contribution >= 4 is 17.1 Å². The van der Waals surface area contributed by atoms with Crippen LogP contribution in [0.1, 0.15) is 34.2 Å². The zero-order valence-corrected chi connectivity index (χ0v) is 17.4. The smallest absolute Gasteiger partial charge is 0.133 e. The van der Waals surface area contributed by atoms with Crippen molar-refractivity contribution in [2.45, 2.75) is 33.6 Å². The van der Waals surface area contributed by atoms with Gasteiger partial charge in [-0.25, -0.2) is 0 Å². The van der Waals surface area contributed by atoms with E-state index in [0.29, 0.717) is 17.7 Å². The van der Waals surface area contributed by atoms with Crippen LogP contribution in [-0.2, 0) is 6.42 Å². The minimum absolute atomic E-state index is 0.501. The molecular weight excluding hydrogens is 372 g/mol. The summed E-state index contributed by atoms with van der Waals surface area (Å²) in [4.78, 5) is 0. The van der Waals surface area contributed by atoms with Gasteiger partial charge in [-0.1, -0.05) is 12.1 Å². The largest absolute Gasteiger partial charge is 0.456 e. The molecule has 0 aliphatic heterocycles. The Hall–Kier alpha value is -3.96. The summed E-state index contributed by atoms with van der Waals surface area (Å²) in [5, 5.41) is 21.1. The van der Waals surface area contributed by atoms with Crippen LogP contribution in [0.4, 0.5) is 17.1 Å². The number of nitrogen functional groups attached to an aromatic ring is 1. The van der Waals surface area contributed by atoms with Gasteiger partial charge in [-0.3, -0.25) is 0 Å². The van der Waals surface area contributed by atoms with E-state index in [1.165, 1.54) is 0 Å². The molecule has 5 nitrogen and oxygen atoms in total. The van der Waals surface area contributed by atoms with E-state index in [-0.39, 0.29) is 0 Å². The van der Waals surface area contributed by atoms with Gasteiger partial charge in [0, 0.05) is 18.2 Å². The number of anilines is 3. The number of hydrogen-bond donors (Lipinski definition) is 2. The molecule has 0 radical (unpaired) electrons. The Bertz CT molecular complexity index is 1130. The lowest BCUT2D eigenvalue weighted by molar-refractivity contribution is 0.471. The zero-order valence-electron chi connectivity index (χ0n) is 17.4. The van der Waals surface area contributed by atoms with E-state index in [1.54, 1.807) is 12.1 Å². The van der Waals surface area contributed by atoms with Crippen LogP contribution in [0.3, 0.4) is 0 Å². The number of nitrogens with zero attached hydrogens (tertiary/aromatic N) is 2. The first-order valence-corrected chi connectivity index (χ1v) is 9.73. The molecule has 3 rings (SSSR count). The maximum absolute atomic E-state index is 8.95. The van der Waals surface area contributed by atoms with Crippen molar-refractivity contribution in [1.82, 2.24) is 0 Å². The van der Waals surface area contributed by atoms with Crippen LogP contribution in [0, 0.1) is 43.4 Å². The molecule has 0 fully saturated rings. The number of nitrogens with two attached hydrogens (primary N) is 1. The van der Waals surface area contributed by atoms with E-state index in [4.69, 9.17) is 21.0 Å². The molecule has 0 heterocycles. The third-order valence-electron chi connectivity index (χ3n) is 4.90. The highest BCUT2D eigenvalue weighted by Crippen LogP contribution is 2.36. The molecule has 0 saturated carbocycles. The molecule has 0 aliphatic carbocycles. The summed E-state index contributed by atoms with van der Waals surface area (Å²) in [5.41, 5.74) is 13.1. The van der Waals surface area contributed by atoms with Crippen LogP contribution in [0.5, 0.6) is 11.5 Å². The van der Waals surface area contributed by atoms with Gasteiger partial charge < -0.3 is 15.8 Å². The number of aryl methyl sites for hydroxylation is 4. The van der Waals surface area contributed by atoms with Crippen molar-refractivity contribution < 1.29 is 4.74 Å². The second kappa shape index (κ2) is 9.03. The molecule has 0 saturated heterocycles. The normalized spacial score (nSPS) is 10.2. The van der Waals surface area contributed by atoms with Crippen molar-refractivity contribution in [3.63, 3.8) is 0 Å². The summed E-state index contributed by atoms with van der Waals surface area (Å²) in [6, 6.07) is 19.4. The van der Waals surface area contributed by atoms with E-state index in [1.807, 2.05) is 45.0 Å². The highest BCUT2D eigenvalue weighted by atomic mass is 16.5. The summed E-state index contributed by atoms with van der Waals surface area (Å²) in [6.07, 6.45) is 1.23. The monoisotopic (exact) mass is 396 g/mol. The third kappa shape index (κ3) is 4.71. The molecule has 3 aromatic carbocycles. The van der Waals surface area contributed by atoms with E-state index in [9.17, 15) is 0 Å². The second-order valence-electron chi connectivity index (χ2n) is 7.34. The topological polar surface area (TPSA) is 94.9 Å². The molecule has 150 valence electrons. The lowest BCUT2D eigenvalue weighted by Gasteiger charge is -2.18. The average molecular weight is 396 g/mol. The zero-order chi connectivity index (χ0) is 21.7. The predicted octanol–water partition coefficient (Wildman–Crippen LogP) is 6.06. The number of nitriles is 2. The van der Waals surface area contributed by atoms with Gasteiger partial charge in [-0.15, -0.1) is 0 Å². The maximum atomic E-state index is 8.95. The van der Waals surface area contributed by atoms with Crippen LogP contribution in [0.15, 0.2) is 48.5 Å². The van der Waals surface area contributed by atoms with Crippen molar-refractivity contribution in [2.75, 3.05) is 11.1 Å². The first-order chi connectivity index (χ1) is 14.4. The maximum Gasteiger partial charge on any atom is 0.133 e. The number of ether oxygens (including phenoxy) is 1. The Kier molecular flexibility index (Phi) is 6.25. The van der Waals surface area contributed by atoms with Gasteiger partial charge in [0.1, 0.15) is 11.5 Å². The minimum Gasteiger partial charge on any atom is -0.456 e. The van der Waals surface area contributed by atoms with Crippen molar-refractivity contribution in [2.24, 2.45) is 0 Å². The summed E-state index contributed by atoms with van der Waals surface area (Å²) >= 11 is 0. The number of nitrogens with one attached hydrogen (secondary N) is 1. The van der Waals surface area contributed by atoms with Gasteiger partial charge in [0.2, 0.25) is 0 Å². The summed E-state index contributed by atoms with van der Waals surface area (Å²) < 4.78 is 6.30. The lowest BCUT2D eigenvalue weighted by Crippen LogP contribution is -2.00. The van der Waals surface area contributed by atoms with E-state index >= 15 is 0 Å². The van der Waals surface area contributed by atoms with Crippen LogP contribution in [0.2, 0.25) is 0 Å². The van der Waals surface area contributed by atoms with Crippen LogP contribution in [-0.4, -0.2) is 0 Å². The third-order valence-corrected chi connectivity index (χ3v) is 4.90. The van der Waals surface area contributed by atoms with Gasteiger partial charge in [-0.2, -0.15) is 10.5 Å². The Balaban J connectivity index is 1.89. The fourth-order valence-electron chi connectivity index (χ4n) is 3.37. The molecule has 0 amide bonds. The Morgan fingerprint density at radius 2 is 1.60 bits per heavy atom. The van der Waals surface area contributed by atoms with Crippen LogP contribution >= 0.6 is 0 Å². The Morgan fingerprint density at radius 3 is 2.20 bits per heavy atom. The van der Waals surface area contributed by atoms with Crippen molar-refractivity contribution in [3.8, 4) is 23.6 Å². The van der Waals surface area contributed by atoms with E-state index < -0.39 is 0 Å². The van der Waals surface area contributed by atoms with E-state index in [0.717, 1.165) is 51.5 Å². The quantitative estimate of drug-likeness (QED) is 0.494. The lowest BCUT2D eigenvalue weighted by atomic mass is 10.0. The Labute approximate surface area is 177 Å². The molecule has 0 aromatic heterocycles. The van der Waals surface area contributed by atoms with E-state index in [2.05, 4.69) is 29.6 Å². The van der Waals surface area contributed by atoms with Crippen LogP contribution < -0.4 is 15.8 Å². The fourth-order valence-corrected chi connectivity index (χ4v) is 3.37. The average Bonchev–Trinajstić information content (AvgIpc) is 2.72. The fraction of sp³-hybridized carbons (Fsp3) is 0.200. The molecule has 0 aliphatic rings. The van der Waals surface area contributed by atoms with Crippen LogP contribution in [0.25, 0.3) is 0 Å². The van der Waals surface area contributed by atoms with Gasteiger partial charge in [0.25, 0.3) is 0 Å². The summed E-state index contributed by atoms with van der Waals surface area (Å²) in [6.45, 7) is 5.99. The molecule has 0 bridgehead atoms. The number of benzene rings is 3. The first kappa shape index (κ1) is 20.8. The molecule has 0 unspecified atom stereocenters. The SMILES string of the molecule is Cc1cc(N)c(Nc2ccc(C#N)cc2)cc1Oc1c(C)cc(CCC#N)cc1C. The molecular formula is C25H24N4O. The molecule has 5 heteroatoms. The molecule has 3 N–H and O–H groups in total. The predicted molar refractivity (Wildman–Crippen MR) is 120 cm³/mol. The first-order valence-electron chi connectivity index (χ1n) is 9.73. The number of rotatable bonds is 6. The molecule has 30 heavy (non-hydrogen) atoms. The standard InChI is InChI=1S/C25H24N4O/c1-16-13-22(28)23(29-21-8-6-19(15-27)7-9-21)14-24(16)30-25-17(2)11-20(5-4-10-26)12-18(25)3/h6-9,11-14,29H,4-5,28H2,1-3H3. The van der Waals surface area contributed by atoms with Gasteiger partial charge in [0.05, 0.1) is 29.1 Å². The Morgan fingerprint density at radius 1 is 0.933 bits per heavy atom. The van der Waals surface area contributed by atoms with Crippen molar-refractivity contribution in [1.29, 1.82) is 10.5 Å². The summed E-state index contributed by atoms with van der Waals surface area (Å²) in [7, 11) is 0. The number of hydrogen-bond acceptors (Lipinski definition) is 5. The highest BCUT2D eigenvalue weighted by molar-refractivity contribution is 5.75.